The summed E-state index contributed by atoms with van der Waals surface area (Å²) in [5.41, 5.74) is 0. The Morgan fingerprint density at radius 3 is 3.00 bits per heavy atom. The predicted molar refractivity (Wildman–Crippen MR) is 71.4 cm³/mol. The van der Waals surface area contributed by atoms with Gasteiger partial charge >= 0.3 is 0 Å². The van der Waals surface area contributed by atoms with Crippen LogP contribution in [-0.4, -0.2) is 61.6 Å². The second kappa shape index (κ2) is 6.88. The lowest BCUT2D eigenvalue weighted by Gasteiger charge is -2.37. The second-order valence-electron chi connectivity index (χ2n) is 5.52. The third kappa shape index (κ3) is 3.68. The van der Waals surface area contributed by atoms with Crippen molar-refractivity contribution >= 4 is 5.91 Å². The zero-order valence-corrected chi connectivity index (χ0v) is 11.7. The maximum Gasteiger partial charge on any atom is 0.224 e. The fourth-order valence-corrected chi connectivity index (χ4v) is 3.09. The van der Waals surface area contributed by atoms with E-state index >= 15 is 0 Å². The average molecular weight is 265 g/mol. The number of nitrogens with zero attached hydrogens (tertiary/aromatic N) is 3. The molecule has 0 aromatic carbocycles. The molecule has 2 saturated heterocycles. The monoisotopic (exact) mass is 265 g/mol. The highest BCUT2D eigenvalue weighted by Gasteiger charge is 2.36. The van der Waals surface area contributed by atoms with Crippen molar-refractivity contribution in [2.75, 3.05) is 39.9 Å². The third-order valence-corrected chi connectivity index (χ3v) is 4.09. The van der Waals surface area contributed by atoms with E-state index in [1.54, 1.807) is 7.11 Å². The molecule has 0 spiro atoms. The van der Waals surface area contributed by atoms with Crippen molar-refractivity contribution in [3.63, 3.8) is 0 Å². The summed E-state index contributed by atoms with van der Waals surface area (Å²) in [4.78, 5) is 16.3. The number of carbonyl (C=O) groups excluding carboxylic acids is 1. The Kier molecular flexibility index (Phi) is 5.17. The largest absolute Gasteiger partial charge is 0.385 e. The van der Waals surface area contributed by atoms with Crippen LogP contribution in [0.3, 0.4) is 0 Å². The fourth-order valence-electron chi connectivity index (χ4n) is 3.09. The number of amides is 1. The van der Waals surface area contributed by atoms with E-state index in [0.717, 1.165) is 45.5 Å². The molecule has 5 heteroatoms. The molecular formula is C14H23N3O2. The number of rotatable bonds is 5. The quantitative estimate of drug-likeness (QED) is 0.692. The first kappa shape index (κ1) is 14.3. The van der Waals surface area contributed by atoms with E-state index < -0.39 is 0 Å². The zero-order chi connectivity index (χ0) is 13.7. The Bertz CT molecular complexity index is 353. The molecule has 2 aliphatic rings. The van der Waals surface area contributed by atoms with Crippen LogP contribution in [0.2, 0.25) is 0 Å². The van der Waals surface area contributed by atoms with Crippen LogP contribution in [0.1, 0.15) is 25.7 Å². The molecule has 2 fully saturated rings. The number of piperidine rings is 1. The molecular weight excluding hydrogens is 242 g/mol. The number of methoxy groups -OCH3 is 1. The number of ether oxygens (including phenoxy) is 1. The van der Waals surface area contributed by atoms with E-state index in [2.05, 4.69) is 11.0 Å². The minimum atomic E-state index is -0.101. The lowest BCUT2D eigenvalue weighted by molar-refractivity contribution is -0.130. The van der Waals surface area contributed by atoms with Crippen molar-refractivity contribution in [1.82, 2.24) is 9.80 Å². The summed E-state index contributed by atoms with van der Waals surface area (Å²) in [5, 5.41) is 8.94. The summed E-state index contributed by atoms with van der Waals surface area (Å²) in [7, 11) is 1.73. The number of nitriles is 1. The van der Waals surface area contributed by atoms with Crippen LogP contribution < -0.4 is 0 Å². The normalized spacial score (nSPS) is 28.6. The highest BCUT2D eigenvalue weighted by molar-refractivity contribution is 5.79. The highest BCUT2D eigenvalue weighted by Crippen LogP contribution is 2.24. The SMILES string of the molecule is COCCCN1CCCC(N2CC(C#N)CC2=O)C1. The standard InChI is InChI=1S/C14H23N3O2/c1-19-7-3-6-16-5-2-4-13(11-16)17-10-12(9-15)8-14(17)18/h12-13H,2-8,10-11H2,1H3. The number of hydrogen-bond donors (Lipinski definition) is 0. The summed E-state index contributed by atoms with van der Waals surface area (Å²) in [6, 6.07) is 2.53. The van der Waals surface area contributed by atoms with Gasteiger partial charge in [-0.2, -0.15) is 5.26 Å². The van der Waals surface area contributed by atoms with Crippen LogP contribution in [0.25, 0.3) is 0 Å². The Hall–Kier alpha value is -1.12. The summed E-state index contributed by atoms with van der Waals surface area (Å²) < 4.78 is 5.08. The first-order chi connectivity index (χ1) is 9.24. The Morgan fingerprint density at radius 2 is 2.32 bits per heavy atom. The van der Waals surface area contributed by atoms with Crippen LogP contribution in [0.4, 0.5) is 0 Å². The Balaban J connectivity index is 1.84. The topological polar surface area (TPSA) is 56.6 Å². The molecule has 0 bridgehead atoms. The molecule has 2 rings (SSSR count). The van der Waals surface area contributed by atoms with Crippen molar-refractivity contribution in [2.24, 2.45) is 5.92 Å². The maximum absolute atomic E-state index is 11.9. The lowest BCUT2D eigenvalue weighted by atomic mass is 10.0. The number of hydrogen-bond acceptors (Lipinski definition) is 4. The summed E-state index contributed by atoms with van der Waals surface area (Å²) >= 11 is 0. The molecule has 2 atom stereocenters. The highest BCUT2D eigenvalue weighted by atomic mass is 16.5. The van der Waals surface area contributed by atoms with E-state index in [1.165, 1.54) is 0 Å². The molecule has 1 amide bonds. The number of likely N-dealkylation sites (tertiary alicyclic amines) is 2. The first-order valence-electron chi connectivity index (χ1n) is 7.15. The van der Waals surface area contributed by atoms with Gasteiger partial charge < -0.3 is 14.5 Å². The van der Waals surface area contributed by atoms with Crippen LogP contribution in [0.5, 0.6) is 0 Å². The van der Waals surface area contributed by atoms with Gasteiger partial charge in [0.05, 0.1) is 12.0 Å². The fraction of sp³-hybridized carbons (Fsp3) is 0.857. The molecule has 0 N–H and O–H groups in total. The van der Waals surface area contributed by atoms with Gasteiger partial charge in [-0.1, -0.05) is 0 Å². The van der Waals surface area contributed by atoms with Gasteiger partial charge in [0.2, 0.25) is 5.91 Å². The second-order valence-corrected chi connectivity index (χ2v) is 5.52. The molecule has 19 heavy (non-hydrogen) atoms. The Morgan fingerprint density at radius 1 is 1.47 bits per heavy atom. The molecule has 0 radical (unpaired) electrons. The van der Waals surface area contributed by atoms with Crippen molar-refractivity contribution in [3.05, 3.63) is 0 Å². The minimum Gasteiger partial charge on any atom is -0.385 e. The molecule has 2 heterocycles. The minimum absolute atomic E-state index is 0.101. The molecule has 0 aromatic rings. The van der Waals surface area contributed by atoms with Gasteiger partial charge in [0.1, 0.15) is 0 Å². The first-order valence-corrected chi connectivity index (χ1v) is 7.15. The van der Waals surface area contributed by atoms with Crippen LogP contribution >= 0.6 is 0 Å². The van der Waals surface area contributed by atoms with E-state index in [4.69, 9.17) is 10.00 Å². The molecule has 2 unspecified atom stereocenters. The molecule has 5 nitrogen and oxygen atoms in total. The van der Waals surface area contributed by atoms with E-state index in [-0.39, 0.29) is 11.8 Å². The van der Waals surface area contributed by atoms with Crippen molar-refractivity contribution in [3.8, 4) is 6.07 Å². The van der Waals surface area contributed by atoms with Gasteiger partial charge in [-0.15, -0.1) is 0 Å². The van der Waals surface area contributed by atoms with E-state index in [9.17, 15) is 4.79 Å². The van der Waals surface area contributed by atoms with Gasteiger partial charge in [-0.05, 0) is 25.8 Å². The van der Waals surface area contributed by atoms with E-state index in [0.29, 0.717) is 19.0 Å². The van der Waals surface area contributed by atoms with Crippen LogP contribution in [0, 0.1) is 17.2 Å². The van der Waals surface area contributed by atoms with E-state index in [1.807, 2.05) is 4.90 Å². The Labute approximate surface area is 115 Å². The third-order valence-electron chi connectivity index (χ3n) is 4.09. The van der Waals surface area contributed by atoms with Crippen LogP contribution in [-0.2, 0) is 9.53 Å². The molecule has 0 aromatic heterocycles. The lowest BCUT2D eigenvalue weighted by Crippen LogP contribution is -2.48. The molecule has 0 saturated carbocycles. The molecule has 0 aliphatic carbocycles. The van der Waals surface area contributed by atoms with Crippen molar-refractivity contribution in [1.29, 1.82) is 5.26 Å². The maximum atomic E-state index is 11.9. The average Bonchev–Trinajstić information content (AvgIpc) is 2.81. The van der Waals surface area contributed by atoms with Gasteiger partial charge in [-0.3, -0.25) is 4.79 Å². The van der Waals surface area contributed by atoms with Crippen LogP contribution in [0.15, 0.2) is 0 Å². The predicted octanol–water partition coefficient (Wildman–Crippen LogP) is 0.859. The van der Waals surface area contributed by atoms with Gasteiger partial charge in [0.15, 0.2) is 0 Å². The van der Waals surface area contributed by atoms with Gasteiger partial charge in [0, 0.05) is 45.8 Å². The summed E-state index contributed by atoms with van der Waals surface area (Å²) in [6.07, 6.45) is 3.66. The molecule has 2 aliphatic heterocycles. The smallest absolute Gasteiger partial charge is 0.224 e. The zero-order valence-electron chi connectivity index (χ0n) is 11.7. The molecule has 106 valence electrons. The summed E-state index contributed by atoms with van der Waals surface area (Å²) in [6.45, 7) is 4.53. The van der Waals surface area contributed by atoms with Gasteiger partial charge in [-0.25, -0.2) is 0 Å². The van der Waals surface area contributed by atoms with Crippen molar-refractivity contribution < 1.29 is 9.53 Å². The van der Waals surface area contributed by atoms with Gasteiger partial charge in [0.25, 0.3) is 0 Å². The number of carbonyl (C=O) groups is 1. The summed E-state index contributed by atoms with van der Waals surface area (Å²) in [5.74, 6) is 0.0617. The van der Waals surface area contributed by atoms with Crippen molar-refractivity contribution in [2.45, 2.75) is 31.7 Å².